The molecule has 94 valence electrons. The number of carbonyl (C=O) groups is 1. The van der Waals surface area contributed by atoms with E-state index in [2.05, 4.69) is 35.4 Å². The van der Waals surface area contributed by atoms with Gasteiger partial charge in [-0.2, -0.15) is 0 Å². The van der Waals surface area contributed by atoms with Gasteiger partial charge in [0.15, 0.2) is 0 Å². The quantitative estimate of drug-likeness (QED) is 0.815. The van der Waals surface area contributed by atoms with Gasteiger partial charge in [-0.1, -0.05) is 60.4 Å². The Hall–Kier alpha value is -2.53. The van der Waals surface area contributed by atoms with Crippen molar-refractivity contribution in [1.82, 2.24) is 5.32 Å². The van der Waals surface area contributed by atoms with E-state index >= 15 is 0 Å². The minimum atomic E-state index is -0.0642. The topological polar surface area (TPSA) is 29.1 Å². The second-order valence-electron chi connectivity index (χ2n) is 4.12. The van der Waals surface area contributed by atoms with Crippen LogP contribution in [0.4, 0.5) is 0 Å². The van der Waals surface area contributed by atoms with E-state index in [1.807, 2.05) is 36.4 Å². The lowest BCUT2D eigenvalue weighted by molar-refractivity contribution is -0.118. The first-order chi connectivity index (χ1) is 9.27. The van der Waals surface area contributed by atoms with Gasteiger partial charge in [-0.3, -0.25) is 4.79 Å². The maximum Gasteiger partial charge on any atom is 0.217 e. The molecular weight excluding hydrogens is 234 g/mol. The van der Waals surface area contributed by atoms with E-state index in [1.54, 1.807) is 0 Å². The zero-order chi connectivity index (χ0) is 13.5. The van der Waals surface area contributed by atoms with Crippen LogP contribution in [0.25, 0.3) is 11.1 Å². The van der Waals surface area contributed by atoms with Crippen molar-refractivity contribution in [1.29, 1.82) is 0 Å². The van der Waals surface area contributed by atoms with E-state index in [4.69, 9.17) is 0 Å². The fourth-order valence-corrected chi connectivity index (χ4v) is 1.77. The summed E-state index contributed by atoms with van der Waals surface area (Å²) in [7, 11) is 0. The molecule has 0 radical (unpaired) electrons. The Balaban J connectivity index is 2.24. The van der Waals surface area contributed by atoms with Crippen molar-refractivity contribution in [3.05, 3.63) is 60.2 Å². The second-order valence-corrected chi connectivity index (χ2v) is 4.12. The van der Waals surface area contributed by atoms with E-state index < -0.39 is 0 Å². The maximum atomic E-state index is 10.8. The summed E-state index contributed by atoms with van der Waals surface area (Å²) in [5, 5.41) is 2.66. The van der Waals surface area contributed by atoms with Gasteiger partial charge in [-0.05, 0) is 17.2 Å². The van der Waals surface area contributed by atoms with Gasteiger partial charge in [0.2, 0.25) is 5.91 Å². The van der Waals surface area contributed by atoms with Crippen LogP contribution >= 0.6 is 0 Å². The number of benzene rings is 2. The Kier molecular flexibility index (Phi) is 4.36. The molecule has 0 bridgehead atoms. The van der Waals surface area contributed by atoms with E-state index in [-0.39, 0.29) is 5.91 Å². The predicted octanol–water partition coefficient (Wildman–Crippen LogP) is 2.84. The molecule has 2 rings (SSSR count). The number of carbonyl (C=O) groups excluding carboxylic acids is 1. The van der Waals surface area contributed by atoms with Gasteiger partial charge < -0.3 is 5.32 Å². The fourth-order valence-electron chi connectivity index (χ4n) is 1.77. The van der Waals surface area contributed by atoms with Crippen molar-refractivity contribution >= 4 is 5.91 Å². The molecular formula is C17H15NO. The monoisotopic (exact) mass is 249 g/mol. The first-order valence-electron chi connectivity index (χ1n) is 6.15. The SMILES string of the molecule is CC(=O)NCC#Cc1ccccc1-c1ccccc1. The maximum absolute atomic E-state index is 10.8. The molecule has 0 fully saturated rings. The summed E-state index contributed by atoms with van der Waals surface area (Å²) in [5.74, 6) is 6.00. The number of hydrogen-bond donors (Lipinski definition) is 1. The number of nitrogens with one attached hydrogen (secondary N) is 1. The van der Waals surface area contributed by atoms with Crippen LogP contribution in [0, 0.1) is 11.8 Å². The third-order valence-electron chi connectivity index (χ3n) is 2.66. The molecule has 0 aliphatic heterocycles. The van der Waals surface area contributed by atoms with Crippen molar-refractivity contribution in [2.45, 2.75) is 6.92 Å². The van der Waals surface area contributed by atoms with Gasteiger partial charge in [-0.25, -0.2) is 0 Å². The third-order valence-corrected chi connectivity index (χ3v) is 2.66. The van der Waals surface area contributed by atoms with Crippen LogP contribution in [0.5, 0.6) is 0 Å². The molecule has 0 aliphatic carbocycles. The Bertz CT molecular complexity index is 620. The summed E-state index contributed by atoms with van der Waals surface area (Å²) in [6.07, 6.45) is 0. The van der Waals surface area contributed by atoms with Crippen LogP contribution in [-0.4, -0.2) is 12.5 Å². The normalized spacial score (nSPS) is 9.32. The first kappa shape index (κ1) is 12.9. The van der Waals surface area contributed by atoms with Crippen molar-refractivity contribution in [2.24, 2.45) is 0 Å². The summed E-state index contributed by atoms with van der Waals surface area (Å²) >= 11 is 0. The lowest BCUT2D eigenvalue weighted by atomic mass is 10.0. The summed E-state index contributed by atoms with van der Waals surface area (Å²) in [6, 6.07) is 18.2. The van der Waals surface area contributed by atoms with Gasteiger partial charge in [0.1, 0.15) is 0 Å². The number of rotatable bonds is 2. The summed E-state index contributed by atoms with van der Waals surface area (Å²) < 4.78 is 0. The third kappa shape index (κ3) is 3.72. The molecule has 19 heavy (non-hydrogen) atoms. The predicted molar refractivity (Wildman–Crippen MR) is 77.4 cm³/mol. The van der Waals surface area contributed by atoms with Crippen LogP contribution < -0.4 is 5.32 Å². The minimum Gasteiger partial charge on any atom is -0.345 e. The highest BCUT2D eigenvalue weighted by molar-refractivity contribution is 5.73. The van der Waals surface area contributed by atoms with Crippen molar-refractivity contribution in [3.63, 3.8) is 0 Å². The Morgan fingerprint density at radius 3 is 2.47 bits per heavy atom. The molecule has 2 nitrogen and oxygen atoms in total. The van der Waals surface area contributed by atoms with E-state index in [0.29, 0.717) is 6.54 Å². The molecule has 0 aliphatic rings. The Morgan fingerprint density at radius 1 is 1.05 bits per heavy atom. The largest absolute Gasteiger partial charge is 0.345 e. The van der Waals surface area contributed by atoms with Gasteiger partial charge >= 0.3 is 0 Å². The highest BCUT2D eigenvalue weighted by Crippen LogP contribution is 2.22. The smallest absolute Gasteiger partial charge is 0.217 e. The average Bonchev–Trinajstić information content (AvgIpc) is 2.45. The molecule has 0 unspecified atom stereocenters. The standard InChI is InChI=1S/C17H15NO/c1-14(19)18-13-7-11-16-10-5-6-12-17(16)15-8-3-2-4-9-15/h2-6,8-10,12H,13H2,1H3,(H,18,19). The molecule has 0 heterocycles. The van der Waals surface area contributed by atoms with E-state index in [1.165, 1.54) is 6.92 Å². The second kappa shape index (κ2) is 6.42. The van der Waals surface area contributed by atoms with Crippen LogP contribution in [0.1, 0.15) is 12.5 Å². The van der Waals surface area contributed by atoms with Gasteiger partial charge in [-0.15, -0.1) is 0 Å². The molecule has 2 heteroatoms. The molecule has 2 aromatic carbocycles. The minimum absolute atomic E-state index is 0.0642. The zero-order valence-corrected chi connectivity index (χ0v) is 10.8. The van der Waals surface area contributed by atoms with E-state index in [9.17, 15) is 4.79 Å². The van der Waals surface area contributed by atoms with Crippen LogP contribution in [-0.2, 0) is 4.79 Å². The molecule has 0 saturated heterocycles. The van der Waals surface area contributed by atoms with Crippen molar-refractivity contribution < 1.29 is 4.79 Å². The van der Waals surface area contributed by atoms with Crippen LogP contribution in [0.15, 0.2) is 54.6 Å². The van der Waals surface area contributed by atoms with E-state index in [0.717, 1.165) is 16.7 Å². The number of amides is 1. The van der Waals surface area contributed by atoms with Gasteiger partial charge in [0, 0.05) is 12.5 Å². The average molecular weight is 249 g/mol. The highest BCUT2D eigenvalue weighted by atomic mass is 16.1. The first-order valence-corrected chi connectivity index (χ1v) is 6.15. The molecule has 0 aromatic heterocycles. The molecule has 1 N–H and O–H groups in total. The highest BCUT2D eigenvalue weighted by Gasteiger charge is 2.00. The fraction of sp³-hybridized carbons (Fsp3) is 0.118. The molecule has 1 amide bonds. The summed E-state index contributed by atoms with van der Waals surface area (Å²) in [5.41, 5.74) is 3.23. The Labute approximate surface area is 113 Å². The lowest BCUT2D eigenvalue weighted by Gasteiger charge is -2.04. The summed E-state index contributed by atoms with van der Waals surface area (Å²) in [6.45, 7) is 1.86. The molecule has 2 aromatic rings. The van der Waals surface area contributed by atoms with Crippen molar-refractivity contribution in [3.8, 4) is 23.0 Å². The van der Waals surface area contributed by atoms with Gasteiger partial charge in [0.05, 0.1) is 6.54 Å². The Morgan fingerprint density at radius 2 is 1.74 bits per heavy atom. The van der Waals surface area contributed by atoms with Gasteiger partial charge in [0.25, 0.3) is 0 Å². The zero-order valence-electron chi connectivity index (χ0n) is 10.8. The number of hydrogen-bond acceptors (Lipinski definition) is 1. The van der Waals surface area contributed by atoms with Crippen LogP contribution in [0.3, 0.4) is 0 Å². The molecule has 0 atom stereocenters. The van der Waals surface area contributed by atoms with Crippen LogP contribution in [0.2, 0.25) is 0 Å². The van der Waals surface area contributed by atoms with Crippen molar-refractivity contribution in [2.75, 3.05) is 6.54 Å². The molecule has 0 spiro atoms. The molecule has 0 saturated carbocycles. The lowest BCUT2D eigenvalue weighted by Crippen LogP contribution is -2.19. The summed E-state index contributed by atoms with van der Waals surface area (Å²) in [4.78, 5) is 10.8.